The van der Waals surface area contributed by atoms with Gasteiger partial charge in [0.1, 0.15) is 6.54 Å². The van der Waals surface area contributed by atoms with Gasteiger partial charge in [-0.05, 0) is 29.5 Å². The van der Waals surface area contributed by atoms with Crippen molar-refractivity contribution in [1.82, 2.24) is 10.3 Å². The molecule has 23 heavy (non-hydrogen) atoms. The number of aromatic amines is 1. The van der Waals surface area contributed by atoms with E-state index in [4.69, 9.17) is 0 Å². The molecule has 0 aliphatic carbocycles. The summed E-state index contributed by atoms with van der Waals surface area (Å²) in [4.78, 5) is 17.8. The lowest BCUT2D eigenvalue weighted by atomic mass is 10.1. The number of quaternary nitrogens is 1. The summed E-state index contributed by atoms with van der Waals surface area (Å²) in [7, 11) is 2.05. The third kappa shape index (κ3) is 4.21. The van der Waals surface area contributed by atoms with Crippen molar-refractivity contribution in [3.63, 3.8) is 0 Å². The normalized spacial score (nSPS) is 12.4. The number of nitrogens with one attached hydrogen (secondary N) is 3. The number of hydrogen-bond acceptors (Lipinski definition) is 2. The highest BCUT2D eigenvalue weighted by molar-refractivity contribution is 7.09. The first kappa shape index (κ1) is 15.8. The second kappa shape index (κ2) is 7.44. The van der Waals surface area contributed by atoms with Gasteiger partial charge in [0.05, 0.1) is 11.9 Å². The Labute approximate surface area is 140 Å². The minimum atomic E-state index is 0.110. The maximum atomic E-state index is 12.0. The number of hydrogen-bond donors (Lipinski definition) is 3. The zero-order chi connectivity index (χ0) is 16.1. The lowest BCUT2D eigenvalue weighted by Crippen LogP contribution is -3.08. The van der Waals surface area contributed by atoms with Gasteiger partial charge < -0.3 is 15.2 Å². The van der Waals surface area contributed by atoms with Crippen LogP contribution in [-0.4, -0.2) is 31.0 Å². The molecule has 3 aromatic rings. The van der Waals surface area contributed by atoms with E-state index >= 15 is 0 Å². The van der Waals surface area contributed by atoms with Crippen LogP contribution in [-0.2, 0) is 17.8 Å². The Morgan fingerprint density at radius 3 is 2.96 bits per heavy atom. The standard InChI is InChI=1S/C18H21N3OS/c1-21(12-15-5-4-10-23-15)13-18(22)19-9-8-14-11-20-17-7-3-2-6-16(14)17/h2-7,10-11,20H,8-9,12-13H2,1H3,(H,19,22)/p+1. The first-order chi connectivity index (χ1) is 11.2. The van der Waals surface area contributed by atoms with E-state index in [9.17, 15) is 4.79 Å². The molecule has 0 aliphatic rings. The summed E-state index contributed by atoms with van der Waals surface area (Å²) in [6.45, 7) is 2.08. The predicted octanol–water partition coefficient (Wildman–Crippen LogP) is 1.60. The van der Waals surface area contributed by atoms with Gasteiger partial charge >= 0.3 is 0 Å². The minimum Gasteiger partial charge on any atom is -0.361 e. The van der Waals surface area contributed by atoms with Crippen molar-refractivity contribution in [2.75, 3.05) is 20.1 Å². The molecule has 0 aliphatic heterocycles. The van der Waals surface area contributed by atoms with Crippen molar-refractivity contribution in [2.24, 2.45) is 0 Å². The van der Waals surface area contributed by atoms with Crippen molar-refractivity contribution >= 4 is 28.1 Å². The number of benzene rings is 1. The van der Waals surface area contributed by atoms with Crippen molar-refractivity contribution in [3.05, 3.63) is 58.4 Å². The van der Waals surface area contributed by atoms with E-state index in [2.05, 4.69) is 47.0 Å². The summed E-state index contributed by atoms with van der Waals surface area (Å²) in [6.07, 6.45) is 2.88. The van der Waals surface area contributed by atoms with E-state index < -0.39 is 0 Å². The van der Waals surface area contributed by atoms with Gasteiger partial charge in [-0.15, -0.1) is 11.3 Å². The Morgan fingerprint density at radius 2 is 2.13 bits per heavy atom. The summed E-state index contributed by atoms with van der Waals surface area (Å²) in [6, 6.07) is 12.4. The Kier molecular flexibility index (Phi) is 5.10. The van der Waals surface area contributed by atoms with Crippen LogP contribution in [0.25, 0.3) is 10.9 Å². The molecule has 0 spiro atoms. The lowest BCUT2D eigenvalue weighted by Gasteiger charge is -2.12. The average Bonchev–Trinajstić information content (AvgIpc) is 3.17. The van der Waals surface area contributed by atoms with Crippen LogP contribution in [0.5, 0.6) is 0 Å². The zero-order valence-corrected chi connectivity index (χ0v) is 14.1. The van der Waals surface area contributed by atoms with Gasteiger partial charge in [0.25, 0.3) is 5.91 Å². The maximum Gasteiger partial charge on any atom is 0.275 e. The predicted molar refractivity (Wildman–Crippen MR) is 94.8 cm³/mol. The summed E-state index contributed by atoms with van der Waals surface area (Å²) in [5, 5.41) is 6.34. The minimum absolute atomic E-state index is 0.110. The number of rotatable bonds is 7. The van der Waals surface area contributed by atoms with Crippen LogP contribution in [0.2, 0.25) is 0 Å². The molecule has 2 aromatic heterocycles. The van der Waals surface area contributed by atoms with E-state index in [0.29, 0.717) is 13.1 Å². The Bertz CT molecular complexity index is 764. The maximum absolute atomic E-state index is 12.0. The van der Waals surface area contributed by atoms with Gasteiger partial charge in [0.15, 0.2) is 6.54 Å². The highest BCUT2D eigenvalue weighted by Gasteiger charge is 2.11. The number of aromatic nitrogens is 1. The molecule has 4 nitrogen and oxygen atoms in total. The molecule has 3 rings (SSSR count). The van der Waals surface area contributed by atoms with Crippen LogP contribution in [0.4, 0.5) is 0 Å². The van der Waals surface area contributed by atoms with Crippen molar-refractivity contribution in [2.45, 2.75) is 13.0 Å². The average molecular weight is 328 g/mol. The highest BCUT2D eigenvalue weighted by atomic mass is 32.1. The van der Waals surface area contributed by atoms with Gasteiger partial charge in [-0.25, -0.2) is 0 Å². The molecule has 0 saturated carbocycles. The van der Waals surface area contributed by atoms with Crippen molar-refractivity contribution < 1.29 is 9.69 Å². The smallest absolute Gasteiger partial charge is 0.275 e. The second-order valence-corrected chi connectivity index (χ2v) is 6.88. The fourth-order valence-corrected chi connectivity index (χ4v) is 3.60. The number of H-pyrrole nitrogens is 1. The van der Waals surface area contributed by atoms with Gasteiger partial charge in [0, 0.05) is 23.6 Å². The molecule has 1 atom stereocenters. The first-order valence-corrected chi connectivity index (χ1v) is 8.75. The van der Waals surface area contributed by atoms with Crippen molar-refractivity contribution in [3.8, 4) is 0 Å². The molecule has 0 bridgehead atoms. The molecule has 2 heterocycles. The largest absolute Gasteiger partial charge is 0.361 e. The summed E-state index contributed by atoms with van der Waals surface area (Å²) < 4.78 is 0. The SMILES string of the molecule is C[NH+](CC(=O)NCCc1c[nH]c2ccccc12)Cc1cccs1. The molecule has 0 saturated heterocycles. The third-order valence-corrected chi connectivity index (χ3v) is 4.79. The molecule has 3 N–H and O–H groups in total. The Hall–Kier alpha value is -2.11. The Balaban J connectivity index is 1.44. The van der Waals surface area contributed by atoms with Crippen LogP contribution in [0.15, 0.2) is 48.0 Å². The van der Waals surface area contributed by atoms with Gasteiger partial charge in [-0.1, -0.05) is 24.3 Å². The van der Waals surface area contributed by atoms with Crippen molar-refractivity contribution in [1.29, 1.82) is 0 Å². The summed E-state index contributed by atoms with van der Waals surface area (Å²) in [5.74, 6) is 0.110. The van der Waals surface area contributed by atoms with Crippen LogP contribution < -0.4 is 10.2 Å². The number of carbonyl (C=O) groups is 1. The molecule has 5 heteroatoms. The summed E-state index contributed by atoms with van der Waals surface area (Å²) >= 11 is 1.74. The molecule has 120 valence electrons. The Morgan fingerprint density at radius 1 is 1.26 bits per heavy atom. The van der Waals surface area contributed by atoms with E-state index in [1.807, 2.05) is 18.3 Å². The number of para-hydroxylation sites is 1. The van der Waals surface area contributed by atoms with E-state index in [1.54, 1.807) is 11.3 Å². The number of fused-ring (bicyclic) bond motifs is 1. The third-order valence-electron chi connectivity index (χ3n) is 3.91. The molecule has 1 aromatic carbocycles. The van der Waals surface area contributed by atoms with Gasteiger partial charge in [-0.3, -0.25) is 4.79 Å². The number of likely N-dealkylation sites (N-methyl/N-ethyl adjacent to an activating group) is 1. The van der Waals surface area contributed by atoms with E-state index in [1.165, 1.54) is 20.7 Å². The number of amides is 1. The number of thiophene rings is 1. The molecule has 1 amide bonds. The van der Waals surface area contributed by atoms with Gasteiger partial charge in [0.2, 0.25) is 0 Å². The lowest BCUT2D eigenvalue weighted by molar-refractivity contribution is -0.885. The molecule has 0 fully saturated rings. The fourth-order valence-electron chi connectivity index (χ4n) is 2.78. The van der Waals surface area contributed by atoms with Crippen LogP contribution >= 0.6 is 11.3 Å². The van der Waals surface area contributed by atoms with Gasteiger partial charge in [-0.2, -0.15) is 0 Å². The second-order valence-electron chi connectivity index (χ2n) is 5.85. The zero-order valence-electron chi connectivity index (χ0n) is 13.3. The van der Waals surface area contributed by atoms with E-state index in [0.717, 1.165) is 18.5 Å². The fraction of sp³-hybridized carbons (Fsp3) is 0.278. The molecule has 0 radical (unpaired) electrons. The first-order valence-electron chi connectivity index (χ1n) is 7.88. The quantitative estimate of drug-likeness (QED) is 0.606. The van der Waals surface area contributed by atoms with Crippen LogP contribution in [0.3, 0.4) is 0 Å². The molecular formula is C18H22N3OS+. The molecular weight excluding hydrogens is 306 g/mol. The highest BCUT2D eigenvalue weighted by Crippen LogP contribution is 2.17. The summed E-state index contributed by atoms with van der Waals surface area (Å²) in [5.41, 5.74) is 2.40. The molecule has 1 unspecified atom stereocenters. The topological polar surface area (TPSA) is 49.3 Å². The van der Waals surface area contributed by atoms with E-state index in [-0.39, 0.29) is 5.91 Å². The van der Waals surface area contributed by atoms with Crippen LogP contribution in [0.1, 0.15) is 10.4 Å². The van der Waals surface area contributed by atoms with Crippen LogP contribution in [0, 0.1) is 0 Å². The monoisotopic (exact) mass is 328 g/mol. The number of carbonyl (C=O) groups excluding carboxylic acids is 1.